The summed E-state index contributed by atoms with van der Waals surface area (Å²) in [5.41, 5.74) is 0.902. The highest BCUT2D eigenvalue weighted by Gasteiger charge is 2.13. The van der Waals surface area contributed by atoms with Gasteiger partial charge in [-0.1, -0.05) is 0 Å². The normalized spacial score (nSPS) is 10.2. The van der Waals surface area contributed by atoms with E-state index in [4.69, 9.17) is 9.47 Å². The van der Waals surface area contributed by atoms with E-state index in [-0.39, 0.29) is 5.91 Å². The fraction of sp³-hybridized carbons (Fsp3) is 0.286. The second-order valence-electron chi connectivity index (χ2n) is 4.08. The predicted molar refractivity (Wildman–Crippen MR) is 75.4 cm³/mol. The molecule has 0 saturated carbocycles. The molecule has 0 aliphatic heterocycles. The number of hydrogen-bond acceptors (Lipinski definition) is 4. The number of rotatable bonds is 5. The van der Waals surface area contributed by atoms with Gasteiger partial charge in [0.1, 0.15) is 11.5 Å². The van der Waals surface area contributed by atoms with Crippen LogP contribution in [0.4, 0.5) is 5.69 Å². The molecule has 0 bridgehead atoms. The van der Waals surface area contributed by atoms with Crippen LogP contribution in [0.5, 0.6) is 11.5 Å². The molecule has 1 N–H and O–H groups in total. The maximum Gasteiger partial charge on any atom is 0.276 e. The number of nitrogens with zero attached hydrogens (tertiary/aromatic N) is 2. The molecule has 0 fully saturated rings. The zero-order valence-corrected chi connectivity index (χ0v) is 11.7. The summed E-state index contributed by atoms with van der Waals surface area (Å²) in [6.07, 6.45) is 1.76. The molecule has 0 aliphatic carbocycles. The van der Waals surface area contributed by atoms with Crippen molar-refractivity contribution in [3.8, 4) is 11.5 Å². The standard InChI is InChI=1S/C14H17N3O3/c1-4-17-8-7-11(16-17)14(18)15-12-9-10(19-2)5-6-13(12)20-3/h5-9H,4H2,1-3H3,(H,15,18). The summed E-state index contributed by atoms with van der Waals surface area (Å²) >= 11 is 0. The van der Waals surface area contributed by atoms with Crippen LogP contribution in [-0.2, 0) is 6.54 Å². The molecular weight excluding hydrogens is 258 g/mol. The third kappa shape index (κ3) is 2.90. The number of aromatic nitrogens is 2. The SMILES string of the molecule is CCn1ccc(C(=O)Nc2cc(OC)ccc2OC)n1. The lowest BCUT2D eigenvalue weighted by atomic mass is 10.2. The summed E-state index contributed by atoms with van der Waals surface area (Å²) in [7, 11) is 3.11. The van der Waals surface area contributed by atoms with Crippen molar-refractivity contribution in [2.75, 3.05) is 19.5 Å². The van der Waals surface area contributed by atoms with Crippen LogP contribution in [0.3, 0.4) is 0 Å². The van der Waals surface area contributed by atoms with Crippen LogP contribution in [0.2, 0.25) is 0 Å². The largest absolute Gasteiger partial charge is 0.497 e. The molecule has 1 aromatic carbocycles. The number of carbonyl (C=O) groups is 1. The zero-order valence-electron chi connectivity index (χ0n) is 11.7. The monoisotopic (exact) mass is 275 g/mol. The number of methoxy groups -OCH3 is 2. The smallest absolute Gasteiger partial charge is 0.276 e. The summed E-state index contributed by atoms with van der Waals surface area (Å²) in [5, 5.41) is 6.93. The minimum atomic E-state index is -0.288. The number of amides is 1. The Morgan fingerprint density at radius 2 is 2.10 bits per heavy atom. The Hall–Kier alpha value is -2.50. The Bertz CT molecular complexity index is 607. The van der Waals surface area contributed by atoms with Gasteiger partial charge >= 0.3 is 0 Å². The Morgan fingerprint density at radius 1 is 1.30 bits per heavy atom. The van der Waals surface area contributed by atoms with Gasteiger partial charge in [0.25, 0.3) is 5.91 Å². The molecule has 6 heteroatoms. The van der Waals surface area contributed by atoms with Crippen molar-refractivity contribution in [2.45, 2.75) is 13.5 Å². The van der Waals surface area contributed by atoms with Crippen LogP contribution in [0, 0.1) is 0 Å². The first-order chi connectivity index (χ1) is 9.67. The van der Waals surface area contributed by atoms with Crippen molar-refractivity contribution >= 4 is 11.6 Å². The number of carbonyl (C=O) groups excluding carboxylic acids is 1. The van der Waals surface area contributed by atoms with Crippen LogP contribution in [0.1, 0.15) is 17.4 Å². The highest BCUT2D eigenvalue weighted by atomic mass is 16.5. The van der Waals surface area contributed by atoms with Crippen molar-refractivity contribution in [1.29, 1.82) is 0 Å². The van der Waals surface area contributed by atoms with Crippen molar-refractivity contribution < 1.29 is 14.3 Å². The lowest BCUT2D eigenvalue weighted by molar-refractivity contribution is 0.102. The summed E-state index contributed by atoms with van der Waals surface area (Å²) in [6.45, 7) is 2.68. The number of aryl methyl sites for hydroxylation is 1. The Kier molecular flexibility index (Phi) is 4.24. The second-order valence-corrected chi connectivity index (χ2v) is 4.08. The Labute approximate surface area is 117 Å². The molecule has 2 rings (SSSR count). The van der Waals surface area contributed by atoms with E-state index in [0.29, 0.717) is 22.9 Å². The fourth-order valence-electron chi connectivity index (χ4n) is 1.76. The highest BCUT2D eigenvalue weighted by molar-refractivity contribution is 6.03. The molecule has 0 unspecified atom stereocenters. The third-order valence-corrected chi connectivity index (χ3v) is 2.85. The molecule has 6 nitrogen and oxygen atoms in total. The zero-order chi connectivity index (χ0) is 14.5. The van der Waals surface area contributed by atoms with E-state index in [1.165, 1.54) is 0 Å². The van der Waals surface area contributed by atoms with Gasteiger partial charge in [-0.05, 0) is 25.1 Å². The number of nitrogens with one attached hydrogen (secondary N) is 1. The maximum absolute atomic E-state index is 12.1. The Balaban J connectivity index is 2.21. The average molecular weight is 275 g/mol. The van der Waals surface area contributed by atoms with E-state index in [1.54, 1.807) is 49.4 Å². The van der Waals surface area contributed by atoms with Crippen LogP contribution in [0.25, 0.3) is 0 Å². The summed E-state index contributed by atoms with van der Waals surface area (Å²) in [5.74, 6) is 0.915. The summed E-state index contributed by atoms with van der Waals surface area (Å²) < 4.78 is 12.0. The summed E-state index contributed by atoms with van der Waals surface area (Å²) in [6, 6.07) is 6.87. The number of hydrogen-bond donors (Lipinski definition) is 1. The topological polar surface area (TPSA) is 65.4 Å². The van der Waals surface area contributed by atoms with Crippen LogP contribution in [-0.4, -0.2) is 29.9 Å². The lowest BCUT2D eigenvalue weighted by Crippen LogP contribution is -2.14. The molecule has 0 aliphatic rings. The molecule has 1 heterocycles. The molecular formula is C14H17N3O3. The van der Waals surface area contributed by atoms with Gasteiger partial charge in [-0.15, -0.1) is 0 Å². The number of ether oxygens (including phenoxy) is 2. The van der Waals surface area contributed by atoms with Gasteiger partial charge < -0.3 is 14.8 Å². The first-order valence-electron chi connectivity index (χ1n) is 6.24. The summed E-state index contributed by atoms with van der Waals surface area (Å²) in [4.78, 5) is 12.1. The first kappa shape index (κ1) is 13.9. The van der Waals surface area contributed by atoms with Crippen molar-refractivity contribution in [1.82, 2.24) is 9.78 Å². The molecule has 1 aromatic heterocycles. The highest BCUT2D eigenvalue weighted by Crippen LogP contribution is 2.29. The van der Waals surface area contributed by atoms with E-state index in [9.17, 15) is 4.79 Å². The molecule has 1 amide bonds. The molecule has 106 valence electrons. The van der Waals surface area contributed by atoms with Gasteiger partial charge in [0.05, 0.1) is 19.9 Å². The predicted octanol–water partition coefficient (Wildman–Crippen LogP) is 2.17. The van der Waals surface area contributed by atoms with Crippen LogP contribution < -0.4 is 14.8 Å². The van der Waals surface area contributed by atoms with Gasteiger partial charge in [0.15, 0.2) is 5.69 Å². The van der Waals surface area contributed by atoms with E-state index < -0.39 is 0 Å². The quantitative estimate of drug-likeness (QED) is 0.908. The first-order valence-corrected chi connectivity index (χ1v) is 6.24. The van der Waals surface area contributed by atoms with E-state index in [1.807, 2.05) is 6.92 Å². The van der Waals surface area contributed by atoms with Crippen molar-refractivity contribution in [3.05, 3.63) is 36.2 Å². The van der Waals surface area contributed by atoms with Crippen molar-refractivity contribution in [3.63, 3.8) is 0 Å². The van der Waals surface area contributed by atoms with Gasteiger partial charge in [-0.3, -0.25) is 9.48 Å². The van der Waals surface area contributed by atoms with Crippen LogP contribution in [0.15, 0.2) is 30.5 Å². The van der Waals surface area contributed by atoms with Gasteiger partial charge in [-0.2, -0.15) is 5.10 Å². The van der Waals surface area contributed by atoms with E-state index in [2.05, 4.69) is 10.4 Å². The molecule has 0 spiro atoms. The van der Waals surface area contributed by atoms with E-state index >= 15 is 0 Å². The Morgan fingerprint density at radius 3 is 2.70 bits per heavy atom. The average Bonchev–Trinajstić information content (AvgIpc) is 2.96. The number of benzene rings is 1. The lowest BCUT2D eigenvalue weighted by Gasteiger charge is -2.10. The molecule has 0 radical (unpaired) electrons. The fourth-order valence-corrected chi connectivity index (χ4v) is 1.76. The van der Waals surface area contributed by atoms with Gasteiger partial charge in [-0.25, -0.2) is 0 Å². The minimum absolute atomic E-state index is 0.288. The van der Waals surface area contributed by atoms with Gasteiger partial charge in [0, 0.05) is 18.8 Å². The number of anilines is 1. The minimum Gasteiger partial charge on any atom is -0.497 e. The molecule has 2 aromatic rings. The van der Waals surface area contributed by atoms with E-state index in [0.717, 1.165) is 6.54 Å². The second kappa shape index (κ2) is 6.10. The molecule has 0 atom stereocenters. The maximum atomic E-state index is 12.1. The van der Waals surface area contributed by atoms with Crippen molar-refractivity contribution in [2.24, 2.45) is 0 Å². The third-order valence-electron chi connectivity index (χ3n) is 2.85. The van der Waals surface area contributed by atoms with Gasteiger partial charge in [0.2, 0.25) is 0 Å². The van der Waals surface area contributed by atoms with Crippen LogP contribution >= 0.6 is 0 Å². The molecule has 20 heavy (non-hydrogen) atoms. The molecule has 0 saturated heterocycles.